The third-order valence-electron chi connectivity index (χ3n) is 8.18. The number of hydrogen-bond donors (Lipinski definition) is 1. The molecule has 0 spiro atoms. The fourth-order valence-electron chi connectivity index (χ4n) is 6.20. The van der Waals surface area contributed by atoms with E-state index < -0.39 is 0 Å². The molecule has 1 nitrogen and oxygen atoms in total. The molecule has 3 heteroatoms. The highest BCUT2D eigenvalue weighted by Crippen LogP contribution is 2.43. The van der Waals surface area contributed by atoms with Crippen LogP contribution >= 0.6 is 23.2 Å². The van der Waals surface area contributed by atoms with Crippen LogP contribution in [0.2, 0.25) is 10.0 Å². The Morgan fingerprint density at radius 1 is 0.568 bits per heavy atom. The van der Waals surface area contributed by atoms with E-state index in [0.29, 0.717) is 33.8 Å². The van der Waals surface area contributed by atoms with Crippen molar-refractivity contribution in [2.45, 2.75) is 56.4 Å². The summed E-state index contributed by atoms with van der Waals surface area (Å²) in [7, 11) is 2.03. The Balaban J connectivity index is 0.000000153. The smallest absolute Gasteiger partial charge is 0.0595 e. The van der Waals surface area contributed by atoms with Crippen LogP contribution in [-0.4, -0.2) is 7.05 Å². The maximum atomic E-state index is 6.17. The predicted molar refractivity (Wildman–Crippen MR) is 158 cm³/mol. The minimum absolute atomic E-state index is 0.408. The summed E-state index contributed by atoms with van der Waals surface area (Å²) in [5.74, 6) is 1.72. The molecule has 4 aromatic rings. The molecule has 0 radical (unpaired) electrons. The van der Waals surface area contributed by atoms with Crippen molar-refractivity contribution < 1.29 is 0 Å². The molecular formula is C34H35Cl2N. The molecule has 0 unspecified atom stereocenters. The van der Waals surface area contributed by atoms with Crippen molar-refractivity contribution in [2.24, 2.45) is 0 Å². The molecule has 0 amide bonds. The molecule has 2 aliphatic rings. The van der Waals surface area contributed by atoms with Gasteiger partial charge in [0, 0.05) is 17.9 Å². The second-order valence-corrected chi connectivity index (χ2v) is 11.2. The van der Waals surface area contributed by atoms with E-state index in [4.69, 9.17) is 23.2 Å². The standard InChI is InChI=1S/C17H17Cl2N.C17H18/c1-20-17-9-7-12(13-4-2-3-5-14(13)17)11-6-8-15(18)16(19)10-11;1-13-11-12-16(14-7-3-2-4-8-14)17-10-6-5-9-15(13)17/h2-6,8,10,12,17,20H,7,9H2,1H3;2-10,13,16H,11-12H2,1H3/t12-,17-;13-,16+/m01/s1. The minimum Gasteiger partial charge on any atom is -0.313 e. The van der Waals surface area contributed by atoms with Gasteiger partial charge in [-0.1, -0.05) is 115 Å². The summed E-state index contributed by atoms with van der Waals surface area (Å²) in [6.45, 7) is 2.35. The Hall–Kier alpha value is -2.58. The summed E-state index contributed by atoms with van der Waals surface area (Å²) in [6.07, 6.45) is 4.84. The van der Waals surface area contributed by atoms with Gasteiger partial charge >= 0.3 is 0 Å². The first kappa shape index (κ1) is 26.0. The van der Waals surface area contributed by atoms with Gasteiger partial charge in [0.25, 0.3) is 0 Å². The zero-order chi connectivity index (χ0) is 25.8. The van der Waals surface area contributed by atoms with E-state index in [1.807, 2.05) is 19.2 Å². The topological polar surface area (TPSA) is 12.0 Å². The third-order valence-corrected chi connectivity index (χ3v) is 8.92. The first-order valence-corrected chi connectivity index (χ1v) is 14.2. The van der Waals surface area contributed by atoms with Gasteiger partial charge in [-0.25, -0.2) is 0 Å². The van der Waals surface area contributed by atoms with E-state index in [-0.39, 0.29) is 0 Å². The van der Waals surface area contributed by atoms with Gasteiger partial charge in [-0.15, -0.1) is 0 Å². The van der Waals surface area contributed by atoms with Crippen molar-refractivity contribution >= 4 is 23.2 Å². The van der Waals surface area contributed by atoms with Crippen molar-refractivity contribution in [1.29, 1.82) is 0 Å². The molecule has 0 saturated carbocycles. The Bertz CT molecular complexity index is 1330. The van der Waals surface area contributed by atoms with Gasteiger partial charge in [0.05, 0.1) is 10.0 Å². The van der Waals surface area contributed by atoms with E-state index in [0.717, 1.165) is 12.8 Å². The predicted octanol–water partition coefficient (Wildman–Crippen LogP) is 9.90. The molecule has 0 aliphatic heterocycles. The molecule has 0 heterocycles. The lowest BCUT2D eigenvalue weighted by Crippen LogP contribution is -2.24. The second kappa shape index (κ2) is 11.9. The summed E-state index contributed by atoms with van der Waals surface area (Å²) in [6, 6.07) is 35.0. The largest absolute Gasteiger partial charge is 0.313 e. The highest BCUT2D eigenvalue weighted by molar-refractivity contribution is 6.42. The number of fused-ring (bicyclic) bond motifs is 2. The van der Waals surface area contributed by atoms with Crippen molar-refractivity contribution in [2.75, 3.05) is 7.05 Å². The third kappa shape index (κ3) is 5.65. The highest BCUT2D eigenvalue weighted by atomic mass is 35.5. The van der Waals surface area contributed by atoms with E-state index >= 15 is 0 Å². The van der Waals surface area contributed by atoms with Gasteiger partial charge in [-0.2, -0.15) is 0 Å². The second-order valence-electron chi connectivity index (χ2n) is 10.3. The highest BCUT2D eigenvalue weighted by Gasteiger charge is 2.27. The van der Waals surface area contributed by atoms with Crippen LogP contribution in [0.4, 0.5) is 0 Å². The fourth-order valence-corrected chi connectivity index (χ4v) is 6.51. The number of nitrogens with one attached hydrogen (secondary N) is 1. The van der Waals surface area contributed by atoms with E-state index in [1.54, 1.807) is 5.56 Å². The van der Waals surface area contributed by atoms with E-state index in [9.17, 15) is 0 Å². The van der Waals surface area contributed by atoms with Crippen LogP contribution in [-0.2, 0) is 0 Å². The van der Waals surface area contributed by atoms with Gasteiger partial charge in [0.2, 0.25) is 0 Å². The molecule has 37 heavy (non-hydrogen) atoms. The molecule has 4 atom stereocenters. The molecule has 0 fully saturated rings. The van der Waals surface area contributed by atoms with Crippen molar-refractivity contribution in [1.82, 2.24) is 5.32 Å². The van der Waals surface area contributed by atoms with Crippen molar-refractivity contribution in [3.05, 3.63) is 140 Å². The summed E-state index contributed by atoms with van der Waals surface area (Å²) >= 11 is 12.2. The van der Waals surface area contributed by atoms with Gasteiger partial charge in [0.15, 0.2) is 0 Å². The van der Waals surface area contributed by atoms with Crippen LogP contribution in [0.25, 0.3) is 0 Å². The average Bonchev–Trinajstić information content (AvgIpc) is 2.95. The zero-order valence-corrected chi connectivity index (χ0v) is 23.1. The molecule has 1 N–H and O–H groups in total. The number of rotatable bonds is 3. The number of benzene rings is 4. The minimum atomic E-state index is 0.408. The molecule has 190 valence electrons. The molecule has 2 aliphatic carbocycles. The lowest BCUT2D eigenvalue weighted by molar-refractivity contribution is 0.471. The van der Waals surface area contributed by atoms with Gasteiger partial charge in [-0.05, 0) is 84.2 Å². The van der Waals surface area contributed by atoms with Crippen molar-refractivity contribution in [3.8, 4) is 0 Å². The normalized spacial score (nSPS) is 22.3. The molecular weight excluding hydrogens is 493 g/mol. The number of halogens is 2. The van der Waals surface area contributed by atoms with E-state index in [2.05, 4.69) is 97.2 Å². The van der Waals surface area contributed by atoms with Crippen molar-refractivity contribution in [3.63, 3.8) is 0 Å². The quantitative estimate of drug-likeness (QED) is 0.279. The summed E-state index contributed by atoms with van der Waals surface area (Å²) in [5.41, 5.74) is 8.60. The van der Waals surface area contributed by atoms with E-state index in [1.165, 1.54) is 40.7 Å². The Morgan fingerprint density at radius 2 is 1.14 bits per heavy atom. The Labute approximate surface area is 231 Å². The SMILES string of the molecule is CN[C@H]1CC[C@@H](c2ccc(Cl)c(Cl)c2)c2ccccc21.C[C@@H]1CC[C@@H](c2ccccc2)c2ccccc21. The van der Waals surface area contributed by atoms with Crippen LogP contribution in [0.15, 0.2) is 97.1 Å². The Kier molecular flexibility index (Phi) is 8.35. The molecule has 6 rings (SSSR count). The zero-order valence-electron chi connectivity index (χ0n) is 21.6. The van der Waals surface area contributed by atoms with Crippen LogP contribution in [0.1, 0.15) is 89.8 Å². The first-order valence-electron chi connectivity index (χ1n) is 13.4. The van der Waals surface area contributed by atoms with Gasteiger partial charge in [-0.3, -0.25) is 0 Å². The molecule has 0 saturated heterocycles. The number of hydrogen-bond acceptors (Lipinski definition) is 1. The summed E-state index contributed by atoms with van der Waals surface area (Å²) < 4.78 is 0. The van der Waals surface area contributed by atoms with Gasteiger partial charge in [0.1, 0.15) is 0 Å². The molecule has 0 bridgehead atoms. The summed E-state index contributed by atoms with van der Waals surface area (Å²) in [5, 5.41) is 4.66. The fraction of sp³-hybridized carbons (Fsp3) is 0.294. The summed E-state index contributed by atoms with van der Waals surface area (Å²) in [4.78, 5) is 0. The maximum Gasteiger partial charge on any atom is 0.0595 e. The van der Waals surface area contributed by atoms with Crippen LogP contribution in [0, 0.1) is 0 Å². The van der Waals surface area contributed by atoms with Crippen LogP contribution in [0.3, 0.4) is 0 Å². The van der Waals surface area contributed by atoms with Crippen LogP contribution in [0.5, 0.6) is 0 Å². The monoisotopic (exact) mass is 527 g/mol. The molecule has 0 aromatic heterocycles. The average molecular weight is 529 g/mol. The lowest BCUT2D eigenvalue weighted by Gasteiger charge is -2.32. The molecule has 4 aromatic carbocycles. The van der Waals surface area contributed by atoms with Gasteiger partial charge < -0.3 is 5.32 Å². The Morgan fingerprint density at radius 3 is 1.81 bits per heavy atom. The van der Waals surface area contributed by atoms with Crippen LogP contribution < -0.4 is 5.32 Å². The lowest BCUT2D eigenvalue weighted by atomic mass is 9.75. The first-order chi connectivity index (χ1) is 18.1. The maximum absolute atomic E-state index is 6.17.